The van der Waals surface area contributed by atoms with E-state index in [1.807, 2.05) is 33.0 Å². The SMILES string of the molecule is CNC(CCC1CCCC1)c1cc(C)c(F)c(C)c1. The number of aryl methyl sites for hydroxylation is 2. The first-order valence-corrected chi connectivity index (χ1v) is 7.55. The minimum Gasteiger partial charge on any atom is -0.313 e. The Kier molecular flexibility index (Phi) is 4.98. The summed E-state index contributed by atoms with van der Waals surface area (Å²) in [5.41, 5.74) is 2.75. The molecule has 1 aromatic rings. The fraction of sp³-hybridized carbons (Fsp3) is 0.647. The zero-order chi connectivity index (χ0) is 13.8. The zero-order valence-electron chi connectivity index (χ0n) is 12.4. The van der Waals surface area contributed by atoms with Crippen molar-refractivity contribution in [2.24, 2.45) is 5.92 Å². The molecule has 0 saturated heterocycles. The summed E-state index contributed by atoms with van der Waals surface area (Å²) in [4.78, 5) is 0. The molecule has 1 aliphatic rings. The van der Waals surface area contributed by atoms with Gasteiger partial charge in [-0.15, -0.1) is 0 Å². The predicted octanol–water partition coefficient (Wildman–Crippen LogP) is 4.67. The molecular formula is C17H26FN. The molecule has 0 amide bonds. The molecule has 0 bridgehead atoms. The molecule has 1 aromatic carbocycles. The van der Waals surface area contributed by atoms with Gasteiger partial charge in [-0.1, -0.05) is 37.8 Å². The van der Waals surface area contributed by atoms with Crippen molar-refractivity contribution in [1.29, 1.82) is 0 Å². The van der Waals surface area contributed by atoms with Crippen molar-refractivity contribution in [1.82, 2.24) is 5.32 Å². The fourth-order valence-electron chi connectivity index (χ4n) is 3.36. The lowest BCUT2D eigenvalue weighted by Gasteiger charge is -2.20. The Morgan fingerprint density at radius 3 is 2.32 bits per heavy atom. The molecule has 1 saturated carbocycles. The Morgan fingerprint density at radius 2 is 1.79 bits per heavy atom. The van der Waals surface area contributed by atoms with Gasteiger partial charge in [-0.25, -0.2) is 4.39 Å². The average molecular weight is 263 g/mol. The molecule has 2 heteroatoms. The molecule has 1 atom stereocenters. The minimum absolute atomic E-state index is 0.0607. The normalized spacial score (nSPS) is 17.9. The monoisotopic (exact) mass is 263 g/mol. The molecule has 0 radical (unpaired) electrons. The Morgan fingerprint density at radius 1 is 1.21 bits per heavy atom. The Hall–Kier alpha value is -0.890. The largest absolute Gasteiger partial charge is 0.313 e. The number of benzene rings is 1. The number of hydrogen-bond acceptors (Lipinski definition) is 1. The lowest BCUT2D eigenvalue weighted by atomic mass is 9.93. The maximum absolute atomic E-state index is 13.7. The summed E-state index contributed by atoms with van der Waals surface area (Å²) in [7, 11) is 2.01. The van der Waals surface area contributed by atoms with Crippen molar-refractivity contribution < 1.29 is 4.39 Å². The number of rotatable bonds is 5. The standard InChI is InChI=1S/C17H26FN/c1-12-10-15(11-13(2)17(12)18)16(19-3)9-8-14-6-4-5-7-14/h10-11,14,16,19H,4-9H2,1-3H3. The predicted molar refractivity (Wildman–Crippen MR) is 78.9 cm³/mol. The van der Waals surface area contributed by atoms with E-state index >= 15 is 0 Å². The highest BCUT2D eigenvalue weighted by molar-refractivity contribution is 5.32. The number of hydrogen-bond donors (Lipinski definition) is 1. The van der Waals surface area contributed by atoms with Gasteiger partial charge in [0.15, 0.2) is 0 Å². The molecule has 2 rings (SSSR count). The van der Waals surface area contributed by atoms with Crippen molar-refractivity contribution in [3.63, 3.8) is 0 Å². The fourth-order valence-corrected chi connectivity index (χ4v) is 3.36. The number of nitrogens with one attached hydrogen (secondary N) is 1. The zero-order valence-corrected chi connectivity index (χ0v) is 12.4. The molecule has 1 aliphatic carbocycles. The molecule has 1 N–H and O–H groups in total. The van der Waals surface area contributed by atoms with Crippen LogP contribution in [0.4, 0.5) is 4.39 Å². The van der Waals surface area contributed by atoms with Crippen LogP contribution in [0.3, 0.4) is 0 Å². The maximum atomic E-state index is 13.7. The first-order chi connectivity index (χ1) is 9.11. The van der Waals surface area contributed by atoms with Crippen LogP contribution >= 0.6 is 0 Å². The lowest BCUT2D eigenvalue weighted by Crippen LogP contribution is -2.18. The molecule has 1 nitrogen and oxygen atoms in total. The minimum atomic E-state index is -0.0607. The van der Waals surface area contributed by atoms with E-state index in [0.717, 1.165) is 23.5 Å². The molecule has 0 aromatic heterocycles. The van der Waals surface area contributed by atoms with Crippen LogP contribution in [0, 0.1) is 25.6 Å². The van der Waals surface area contributed by atoms with Crippen LogP contribution in [-0.4, -0.2) is 7.05 Å². The molecule has 0 heterocycles. The van der Waals surface area contributed by atoms with Gasteiger partial charge in [0, 0.05) is 6.04 Å². The average Bonchev–Trinajstić information content (AvgIpc) is 2.89. The first-order valence-electron chi connectivity index (χ1n) is 7.55. The summed E-state index contributed by atoms with van der Waals surface area (Å²) in [6.07, 6.45) is 8.07. The lowest BCUT2D eigenvalue weighted by molar-refractivity contribution is 0.427. The van der Waals surface area contributed by atoms with E-state index in [0.29, 0.717) is 6.04 Å². The van der Waals surface area contributed by atoms with Crippen molar-refractivity contribution in [2.75, 3.05) is 7.05 Å². The van der Waals surface area contributed by atoms with Gasteiger partial charge in [-0.3, -0.25) is 0 Å². The van der Waals surface area contributed by atoms with Gasteiger partial charge >= 0.3 is 0 Å². The van der Waals surface area contributed by atoms with E-state index < -0.39 is 0 Å². The second-order valence-corrected chi connectivity index (χ2v) is 6.04. The van der Waals surface area contributed by atoms with E-state index in [1.54, 1.807) is 0 Å². The van der Waals surface area contributed by atoms with Gasteiger partial charge in [-0.2, -0.15) is 0 Å². The van der Waals surface area contributed by atoms with Crippen LogP contribution < -0.4 is 5.32 Å². The third-order valence-corrected chi connectivity index (χ3v) is 4.55. The summed E-state index contributed by atoms with van der Waals surface area (Å²) < 4.78 is 13.7. The van der Waals surface area contributed by atoms with Crippen molar-refractivity contribution in [2.45, 2.75) is 58.4 Å². The Bertz CT molecular complexity index is 398. The Balaban J connectivity index is 2.04. The van der Waals surface area contributed by atoms with Gasteiger partial charge in [0.05, 0.1) is 0 Å². The third-order valence-electron chi connectivity index (χ3n) is 4.55. The second kappa shape index (κ2) is 6.51. The van der Waals surface area contributed by atoms with Gasteiger partial charge in [0.1, 0.15) is 5.82 Å². The molecule has 19 heavy (non-hydrogen) atoms. The third kappa shape index (κ3) is 3.56. The summed E-state index contributed by atoms with van der Waals surface area (Å²) in [5, 5.41) is 3.39. The van der Waals surface area contributed by atoms with Crippen molar-refractivity contribution in [3.05, 3.63) is 34.6 Å². The smallest absolute Gasteiger partial charge is 0.129 e. The van der Waals surface area contributed by atoms with Gasteiger partial charge < -0.3 is 5.32 Å². The van der Waals surface area contributed by atoms with Gasteiger partial charge in [-0.05, 0) is 56.3 Å². The van der Waals surface area contributed by atoms with E-state index in [-0.39, 0.29) is 5.82 Å². The quantitative estimate of drug-likeness (QED) is 0.813. The van der Waals surface area contributed by atoms with Crippen LogP contribution in [0.15, 0.2) is 12.1 Å². The highest BCUT2D eigenvalue weighted by atomic mass is 19.1. The van der Waals surface area contributed by atoms with Crippen molar-refractivity contribution in [3.8, 4) is 0 Å². The van der Waals surface area contributed by atoms with Crippen LogP contribution in [0.25, 0.3) is 0 Å². The number of halogens is 1. The Labute approximate surface area is 116 Å². The highest BCUT2D eigenvalue weighted by Crippen LogP contribution is 2.32. The summed E-state index contributed by atoms with van der Waals surface area (Å²) >= 11 is 0. The van der Waals surface area contributed by atoms with Crippen LogP contribution in [0.1, 0.15) is 61.3 Å². The van der Waals surface area contributed by atoms with Crippen LogP contribution in [0.2, 0.25) is 0 Å². The highest BCUT2D eigenvalue weighted by Gasteiger charge is 2.18. The van der Waals surface area contributed by atoms with Crippen LogP contribution in [0.5, 0.6) is 0 Å². The van der Waals surface area contributed by atoms with E-state index in [2.05, 4.69) is 5.32 Å². The molecule has 0 aliphatic heterocycles. The van der Waals surface area contributed by atoms with Gasteiger partial charge in [0.25, 0.3) is 0 Å². The van der Waals surface area contributed by atoms with E-state index in [1.165, 1.54) is 37.7 Å². The summed E-state index contributed by atoms with van der Waals surface area (Å²) in [6.45, 7) is 3.71. The first kappa shape index (κ1) is 14.5. The van der Waals surface area contributed by atoms with E-state index in [9.17, 15) is 4.39 Å². The van der Waals surface area contributed by atoms with Gasteiger partial charge in [0.2, 0.25) is 0 Å². The molecule has 0 spiro atoms. The van der Waals surface area contributed by atoms with Crippen molar-refractivity contribution >= 4 is 0 Å². The molecule has 1 fully saturated rings. The summed E-state index contributed by atoms with van der Waals surface area (Å²) in [5.74, 6) is 0.855. The maximum Gasteiger partial charge on any atom is 0.129 e. The molecule has 1 unspecified atom stereocenters. The van der Waals surface area contributed by atoms with E-state index in [4.69, 9.17) is 0 Å². The summed E-state index contributed by atoms with van der Waals surface area (Å²) in [6, 6.07) is 4.36. The topological polar surface area (TPSA) is 12.0 Å². The molecular weight excluding hydrogens is 237 g/mol. The molecule has 106 valence electrons. The second-order valence-electron chi connectivity index (χ2n) is 6.04. The van der Waals surface area contributed by atoms with Crippen LogP contribution in [-0.2, 0) is 0 Å².